The molecule has 23 heavy (non-hydrogen) atoms. The molecule has 0 aliphatic rings. The molecule has 0 unspecified atom stereocenters. The third-order valence-corrected chi connectivity index (χ3v) is 4.07. The van der Waals surface area contributed by atoms with Crippen LogP contribution in [0.25, 0.3) is 0 Å². The van der Waals surface area contributed by atoms with Gasteiger partial charge in [-0.15, -0.1) is 5.10 Å². The average molecular weight is 331 g/mol. The molecule has 0 saturated carbocycles. The predicted octanol–water partition coefficient (Wildman–Crippen LogP) is 3.11. The van der Waals surface area contributed by atoms with Crippen LogP contribution in [0, 0.1) is 5.82 Å². The zero-order valence-corrected chi connectivity index (χ0v) is 12.9. The van der Waals surface area contributed by atoms with Gasteiger partial charge in [0.1, 0.15) is 18.2 Å². The molecule has 3 rings (SSSR count). The molecule has 7 heteroatoms. The maximum atomic E-state index is 13.5. The van der Waals surface area contributed by atoms with Gasteiger partial charge in [-0.1, -0.05) is 42.1 Å². The van der Waals surface area contributed by atoms with Crippen molar-refractivity contribution in [3.05, 3.63) is 76.0 Å². The minimum absolute atomic E-state index is 0.190. The van der Waals surface area contributed by atoms with E-state index in [4.69, 9.17) is 4.74 Å². The summed E-state index contributed by atoms with van der Waals surface area (Å²) in [7, 11) is 0. The summed E-state index contributed by atoms with van der Waals surface area (Å²) >= 11 is 1.42. The summed E-state index contributed by atoms with van der Waals surface area (Å²) in [5.74, 6) is 1.08. The highest BCUT2D eigenvalue weighted by molar-refractivity contribution is 7.98. The molecular weight excluding hydrogens is 317 g/mol. The first kappa shape index (κ1) is 15.4. The molecule has 0 fully saturated rings. The Morgan fingerprint density at radius 1 is 1.13 bits per heavy atom. The van der Waals surface area contributed by atoms with Crippen molar-refractivity contribution < 1.29 is 9.13 Å². The molecule has 0 saturated heterocycles. The number of hydrogen-bond donors (Lipinski definition) is 2. The highest BCUT2D eigenvalue weighted by Gasteiger charge is 2.03. The number of benzene rings is 2. The zero-order chi connectivity index (χ0) is 16.1. The summed E-state index contributed by atoms with van der Waals surface area (Å²) in [6.07, 6.45) is 0. The van der Waals surface area contributed by atoms with Gasteiger partial charge in [-0.2, -0.15) is 0 Å². The standard InChI is InChI=1S/C16H14FN3O2S/c17-14-4-2-1-3-12(14)9-22-13-7-5-11(6-8-13)10-23-16-18-15(21)19-20-16/h1-8H,9-10H2,(H2,18,19,20,21). The molecule has 0 aliphatic heterocycles. The first-order valence-corrected chi connectivity index (χ1v) is 7.92. The SMILES string of the molecule is O=c1[nH]nc(SCc2ccc(OCc3ccccc3F)cc2)[nH]1. The van der Waals surface area contributed by atoms with Gasteiger partial charge in [-0.3, -0.25) is 4.98 Å². The van der Waals surface area contributed by atoms with E-state index in [1.54, 1.807) is 18.2 Å². The minimum Gasteiger partial charge on any atom is -0.489 e. The lowest BCUT2D eigenvalue weighted by Crippen LogP contribution is -2.00. The van der Waals surface area contributed by atoms with Crippen LogP contribution in [0.5, 0.6) is 5.75 Å². The molecule has 5 nitrogen and oxygen atoms in total. The Hall–Kier alpha value is -2.54. The van der Waals surface area contributed by atoms with Gasteiger partial charge >= 0.3 is 5.69 Å². The molecular formula is C16H14FN3O2S. The van der Waals surface area contributed by atoms with Gasteiger partial charge in [0.15, 0.2) is 5.16 Å². The number of thioether (sulfide) groups is 1. The molecule has 0 atom stereocenters. The van der Waals surface area contributed by atoms with E-state index in [0.29, 0.717) is 22.2 Å². The van der Waals surface area contributed by atoms with Crippen molar-refractivity contribution in [1.82, 2.24) is 15.2 Å². The second kappa shape index (κ2) is 7.15. The van der Waals surface area contributed by atoms with E-state index in [2.05, 4.69) is 15.2 Å². The van der Waals surface area contributed by atoms with E-state index in [1.807, 2.05) is 24.3 Å². The Morgan fingerprint density at radius 2 is 1.91 bits per heavy atom. The summed E-state index contributed by atoms with van der Waals surface area (Å²) in [6, 6.07) is 14.1. The van der Waals surface area contributed by atoms with Crippen LogP contribution >= 0.6 is 11.8 Å². The summed E-state index contributed by atoms with van der Waals surface area (Å²) in [6.45, 7) is 0.190. The molecule has 0 radical (unpaired) electrons. The van der Waals surface area contributed by atoms with Crippen LogP contribution < -0.4 is 10.4 Å². The van der Waals surface area contributed by atoms with E-state index in [9.17, 15) is 9.18 Å². The fraction of sp³-hybridized carbons (Fsp3) is 0.125. The number of aromatic amines is 2. The fourth-order valence-electron chi connectivity index (χ4n) is 1.93. The number of halogens is 1. The van der Waals surface area contributed by atoms with Gasteiger partial charge in [0.2, 0.25) is 0 Å². The van der Waals surface area contributed by atoms with E-state index in [0.717, 1.165) is 5.56 Å². The zero-order valence-electron chi connectivity index (χ0n) is 12.1. The minimum atomic E-state index is -0.315. The van der Waals surface area contributed by atoms with Crippen molar-refractivity contribution in [2.24, 2.45) is 0 Å². The molecule has 0 spiro atoms. The van der Waals surface area contributed by atoms with Gasteiger partial charge in [0, 0.05) is 11.3 Å². The van der Waals surface area contributed by atoms with Crippen LogP contribution in [0.4, 0.5) is 4.39 Å². The number of nitrogens with one attached hydrogen (secondary N) is 2. The van der Waals surface area contributed by atoms with E-state index < -0.39 is 0 Å². The highest BCUT2D eigenvalue weighted by atomic mass is 32.2. The largest absolute Gasteiger partial charge is 0.489 e. The average Bonchev–Trinajstić information content (AvgIpc) is 2.99. The fourth-order valence-corrected chi connectivity index (χ4v) is 2.70. The van der Waals surface area contributed by atoms with Crippen molar-refractivity contribution in [3.8, 4) is 5.75 Å². The van der Waals surface area contributed by atoms with Crippen LogP contribution in [-0.4, -0.2) is 15.2 Å². The van der Waals surface area contributed by atoms with Crippen molar-refractivity contribution in [2.75, 3.05) is 0 Å². The lowest BCUT2D eigenvalue weighted by Gasteiger charge is -2.08. The molecule has 0 bridgehead atoms. The lowest BCUT2D eigenvalue weighted by atomic mass is 10.2. The third-order valence-electron chi connectivity index (χ3n) is 3.13. The number of aromatic nitrogens is 3. The predicted molar refractivity (Wildman–Crippen MR) is 85.9 cm³/mol. The van der Waals surface area contributed by atoms with Crippen LogP contribution in [-0.2, 0) is 12.4 Å². The van der Waals surface area contributed by atoms with Gasteiger partial charge in [0.25, 0.3) is 0 Å². The van der Waals surface area contributed by atoms with Crippen LogP contribution in [0.3, 0.4) is 0 Å². The molecule has 0 amide bonds. The van der Waals surface area contributed by atoms with Crippen molar-refractivity contribution in [3.63, 3.8) is 0 Å². The molecule has 2 N–H and O–H groups in total. The van der Waals surface area contributed by atoms with Gasteiger partial charge < -0.3 is 4.74 Å². The van der Waals surface area contributed by atoms with Crippen LogP contribution in [0.15, 0.2) is 58.5 Å². The Kier molecular flexibility index (Phi) is 4.77. The second-order valence-electron chi connectivity index (χ2n) is 4.80. The smallest absolute Gasteiger partial charge is 0.341 e. The summed E-state index contributed by atoms with van der Waals surface area (Å²) in [4.78, 5) is 13.5. The second-order valence-corrected chi connectivity index (χ2v) is 5.76. The van der Waals surface area contributed by atoms with Crippen molar-refractivity contribution in [2.45, 2.75) is 17.5 Å². The monoisotopic (exact) mass is 331 g/mol. The number of ether oxygens (including phenoxy) is 1. The molecule has 0 aliphatic carbocycles. The first-order valence-electron chi connectivity index (χ1n) is 6.93. The van der Waals surface area contributed by atoms with Gasteiger partial charge in [-0.05, 0) is 23.8 Å². The number of H-pyrrole nitrogens is 2. The maximum absolute atomic E-state index is 13.5. The topological polar surface area (TPSA) is 70.8 Å². The summed E-state index contributed by atoms with van der Waals surface area (Å²) < 4.78 is 19.1. The van der Waals surface area contributed by atoms with Gasteiger partial charge in [0.05, 0.1) is 0 Å². The number of rotatable bonds is 6. The Morgan fingerprint density at radius 3 is 2.61 bits per heavy atom. The van der Waals surface area contributed by atoms with E-state index >= 15 is 0 Å². The summed E-state index contributed by atoms with van der Waals surface area (Å²) in [5, 5.41) is 6.70. The normalized spacial score (nSPS) is 10.7. The molecule has 1 aromatic heterocycles. The van der Waals surface area contributed by atoms with Crippen molar-refractivity contribution >= 4 is 11.8 Å². The molecule has 2 aromatic carbocycles. The first-order chi connectivity index (χ1) is 11.2. The quantitative estimate of drug-likeness (QED) is 0.681. The summed E-state index contributed by atoms with van der Waals surface area (Å²) in [5.41, 5.74) is 1.27. The third kappa shape index (κ3) is 4.23. The van der Waals surface area contributed by atoms with E-state index in [-0.39, 0.29) is 18.1 Å². The maximum Gasteiger partial charge on any atom is 0.341 e. The molecule has 1 heterocycles. The van der Waals surface area contributed by atoms with Gasteiger partial charge in [-0.25, -0.2) is 14.3 Å². The molecule has 118 valence electrons. The lowest BCUT2D eigenvalue weighted by molar-refractivity contribution is 0.300. The highest BCUT2D eigenvalue weighted by Crippen LogP contribution is 2.21. The Labute approximate surface area is 135 Å². The molecule has 3 aromatic rings. The van der Waals surface area contributed by atoms with Crippen LogP contribution in [0.2, 0.25) is 0 Å². The Bertz CT molecular complexity index is 830. The van der Waals surface area contributed by atoms with E-state index in [1.165, 1.54) is 17.8 Å². The number of hydrogen-bond acceptors (Lipinski definition) is 4. The van der Waals surface area contributed by atoms with Crippen molar-refractivity contribution in [1.29, 1.82) is 0 Å². The van der Waals surface area contributed by atoms with Crippen LogP contribution in [0.1, 0.15) is 11.1 Å². The number of nitrogens with zero attached hydrogens (tertiary/aromatic N) is 1. The Balaban J connectivity index is 1.54.